The molecule has 15 heavy (non-hydrogen) atoms. The van der Waals surface area contributed by atoms with Gasteiger partial charge in [-0.2, -0.15) is 5.10 Å². The van der Waals surface area contributed by atoms with E-state index in [9.17, 15) is 0 Å². The van der Waals surface area contributed by atoms with Crippen LogP contribution >= 0.6 is 11.6 Å². The van der Waals surface area contributed by atoms with Gasteiger partial charge in [0.1, 0.15) is 18.0 Å². The highest BCUT2D eigenvalue weighted by Crippen LogP contribution is 2.09. The maximum absolute atomic E-state index is 5.71. The normalized spacial score (nSPS) is 10.2. The van der Waals surface area contributed by atoms with Crippen LogP contribution in [0.5, 0.6) is 0 Å². The number of aromatic amines is 1. The maximum Gasteiger partial charge on any atom is 0.137 e. The molecule has 0 atom stereocenters. The number of hydrogen-bond donors (Lipinski definition) is 2. The van der Waals surface area contributed by atoms with E-state index in [4.69, 9.17) is 11.6 Å². The van der Waals surface area contributed by atoms with Gasteiger partial charge < -0.3 is 5.32 Å². The van der Waals surface area contributed by atoms with Crippen molar-refractivity contribution < 1.29 is 0 Å². The molecule has 0 fully saturated rings. The predicted molar refractivity (Wildman–Crippen MR) is 57.8 cm³/mol. The topological polar surface area (TPSA) is 66.5 Å². The molecule has 2 N–H and O–H groups in total. The lowest BCUT2D eigenvalue weighted by Gasteiger charge is -2.03. The molecular weight excluding hydrogens is 214 g/mol. The van der Waals surface area contributed by atoms with E-state index in [0.717, 1.165) is 24.6 Å². The molecule has 2 aromatic rings. The van der Waals surface area contributed by atoms with E-state index >= 15 is 0 Å². The van der Waals surface area contributed by atoms with Crippen molar-refractivity contribution in [3.8, 4) is 0 Å². The molecule has 0 aromatic carbocycles. The molecule has 0 aliphatic rings. The molecule has 0 aliphatic carbocycles. The van der Waals surface area contributed by atoms with E-state index in [1.807, 2.05) is 6.07 Å². The van der Waals surface area contributed by atoms with Gasteiger partial charge in [0.25, 0.3) is 0 Å². The second kappa shape index (κ2) is 4.75. The van der Waals surface area contributed by atoms with Gasteiger partial charge in [0.15, 0.2) is 0 Å². The van der Waals surface area contributed by atoms with Crippen molar-refractivity contribution in [2.24, 2.45) is 0 Å². The number of halogens is 1. The summed E-state index contributed by atoms with van der Waals surface area (Å²) >= 11 is 5.71. The summed E-state index contributed by atoms with van der Waals surface area (Å²) in [7, 11) is 0. The van der Waals surface area contributed by atoms with Crippen LogP contribution in [0.4, 0.5) is 5.82 Å². The average Bonchev–Trinajstić information content (AvgIpc) is 2.74. The lowest BCUT2D eigenvalue weighted by Crippen LogP contribution is -2.06. The number of nitrogens with zero attached hydrogens (tertiary/aromatic N) is 3. The van der Waals surface area contributed by atoms with Crippen molar-refractivity contribution in [1.29, 1.82) is 0 Å². The van der Waals surface area contributed by atoms with E-state index < -0.39 is 0 Å². The maximum atomic E-state index is 5.71. The molecule has 2 rings (SSSR count). The Morgan fingerprint density at radius 1 is 1.33 bits per heavy atom. The highest BCUT2D eigenvalue weighted by molar-refractivity contribution is 6.30. The number of nitrogens with one attached hydrogen (secondary N) is 2. The van der Waals surface area contributed by atoms with Crippen molar-refractivity contribution in [2.75, 3.05) is 11.9 Å². The summed E-state index contributed by atoms with van der Waals surface area (Å²) in [5.41, 5.74) is 0. The molecule has 0 spiro atoms. The smallest absolute Gasteiger partial charge is 0.137 e. The standard InChI is InChI=1S/C9H10ClN5/c10-7-1-2-8(12-5-7)11-4-3-9-13-6-14-15-9/h1-2,5-6H,3-4H2,(H,11,12)(H,13,14,15). The van der Waals surface area contributed by atoms with Crippen molar-refractivity contribution in [3.63, 3.8) is 0 Å². The van der Waals surface area contributed by atoms with Gasteiger partial charge in [-0.3, -0.25) is 5.10 Å². The average molecular weight is 224 g/mol. The first-order valence-corrected chi connectivity index (χ1v) is 4.92. The second-order valence-electron chi connectivity index (χ2n) is 2.97. The molecule has 2 heterocycles. The number of pyridine rings is 1. The van der Waals surface area contributed by atoms with E-state index in [0.29, 0.717) is 5.02 Å². The Kier molecular flexibility index (Phi) is 3.14. The van der Waals surface area contributed by atoms with E-state index in [2.05, 4.69) is 25.5 Å². The fourth-order valence-electron chi connectivity index (χ4n) is 1.14. The lowest BCUT2D eigenvalue weighted by atomic mass is 10.4. The first-order valence-electron chi connectivity index (χ1n) is 4.54. The largest absolute Gasteiger partial charge is 0.370 e. The fourth-order valence-corrected chi connectivity index (χ4v) is 1.25. The summed E-state index contributed by atoms with van der Waals surface area (Å²) in [4.78, 5) is 8.12. The number of anilines is 1. The Morgan fingerprint density at radius 2 is 2.27 bits per heavy atom. The molecule has 0 radical (unpaired) electrons. The zero-order valence-corrected chi connectivity index (χ0v) is 8.70. The van der Waals surface area contributed by atoms with E-state index in [1.54, 1.807) is 12.3 Å². The van der Waals surface area contributed by atoms with Gasteiger partial charge in [0, 0.05) is 19.2 Å². The predicted octanol–water partition coefficient (Wildman–Crippen LogP) is 1.51. The third-order valence-electron chi connectivity index (χ3n) is 1.86. The van der Waals surface area contributed by atoms with Crippen LogP contribution in [0.15, 0.2) is 24.7 Å². The molecule has 0 saturated heterocycles. The first-order chi connectivity index (χ1) is 7.34. The Bertz CT molecular complexity index is 397. The van der Waals surface area contributed by atoms with Crippen molar-refractivity contribution >= 4 is 17.4 Å². The Hall–Kier alpha value is -1.62. The second-order valence-corrected chi connectivity index (χ2v) is 3.41. The fraction of sp³-hybridized carbons (Fsp3) is 0.222. The van der Waals surface area contributed by atoms with Gasteiger partial charge in [0.05, 0.1) is 5.02 Å². The molecule has 0 amide bonds. The minimum Gasteiger partial charge on any atom is -0.370 e. The summed E-state index contributed by atoms with van der Waals surface area (Å²) in [5.74, 6) is 1.66. The number of H-pyrrole nitrogens is 1. The highest BCUT2D eigenvalue weighted by atomic mass is 35.5. The molecule has 0 aliphatic heterocycles. The SMILES string of the molecule is Clc1ccc(NCCc2ncn[nH]2)nc1. The van der Waals surface area contributed by atoms with Crippen LogP contribution in [0.1, 0.15) is 5.82 Å². The van der Waals surface area contributed by atoms with Crippen LogP contribution in [0, 0.1) is 0 Å². The first kappa shape index (κ1) is 9.92. The molecule has 78 valence electrons. The van der Waals surface area contributed by atoms with E-state index in [1.165, 1.54) is 6.33 Å². The molecule has 0 bridgehead atoms. The Labute approximate surface area is 91.9 Å². The van der Waals surface area contributed by atoms with E-state index in [-0.39, 0.29) is 0 Å². The van der Waals surface area contributed by atoms with Crippen molar-refractivity contribution in [3.05, 3.63) is 35.5 Å². The third kappa shape index (κ3) is 2.92. The zero-order chi connectivity index (χ0) is 10.5. The van der Waals surface area contributed by atoms with Crippen LogP contribution in [0.3, 0.4) is 0 Å². The highest BCUT2D eigenvalue weighted by Gasteiger charge is 1.96. The molecule has 2 aromatic heterocycles. The van der Waals surface area contributed by atoms with Crippen molar-refractivity contribution in [2.45, 2.75) is 6.42 Å². The minimum atomic E-state index is 0.635. The molecule has 0 saturated carbocycles. The van der Waals surface area contributed by atoms with Gasteiger partial charge >= 0.3 is 0 Å². The van der Waals surface area contributed by atoms with Gasteiger partial charge in [-0.25, -0.2) is 9.97 Å². The number of rotatable bonds is 4. The molecule has 5 nitrogen and oxygen atoms in total. The van der Waals surface area contributed by atoms with Crippen LogP contribution in [0.2, 0.25) is 5.02 Å². The number of aromatic nitrogens is 4. The van der Waals surface area contributed by atoms with Crippen LogP contribution in [-0.2, 0) is 6.42 Å². The quantitative estimate of drug-likeness (QED) is 0.825. The molecule has 6 heteroatoms. The summed E-state index contributed by atoms with van der Waals surface area (Å²) in [6.07, 6.45) is 3.89. The summed E-state index contributed by atoms with van der Waals surface area (Å²) in [6.45, 7) is 0.754. The number of hydrogen-bond acceptors (Lipinski definition) is 4. The van der Waals surface area contributed by atoms with Crippen molar-refractivity contribution in [1.82, 2.24) is 20.2 Å². The van der Waals surface area contributed by atoms with Gasteiger partial charge in [-0.05, 0) is 12.1 Å². The molecular formula is C9H10ClN5. The van der Waals surface area contributed by atoms with Gasteiger partial charge in [0.2, 0.25) is 0 Å². The lowest BCUT2D eigenvalue weighted by molar-refractivity contribution is 0.897. The summed E-state index contributed by atoms with van der Waals surface area (Å²) in [5, 5.41) is 10.3. The monoisotopic (exact) mass is 223 g/mol. The van der Waals surface area contributed by atoms with Gasteiger partial charge in [-0.15, -0.1) is 0 Å². The minimum absolute atomic E-state index is 0.635. The Morgan fingerprint density at radius 3 is 2.93 bits per heavy atom. The van der Waals surface area contributed by atoms with Crippen LogP contribution in [0.25, 0.3) is 0 Å². The molecule has 0 unspecified atom stereocenters. The third-order valence-corrected chi connectivity index (χ3v) is 2.08. The van der Waals surface area contributed by atoms with Crippen LogP contribution < -0.4 is 5.32 Å². The zero-order valence-electron chi connectivity index (χ0n) is 7.94. The van der Waals surface area contributed by atoms with Gasteiger partial charge in [-0.1, -0.05) is 11.6 Å². The Balaban J connectivity index is 1.81. The summed E-state index contributed by atoms with van der Waals surface area (Å²) < 4.78 is 0. The summed E-state index contributed by atoms with van der Waals surface area (Å²) in [6, 6.07) is 3.63. The van der Waals surface area contributed by atoms with Crippen LogP contribution in [-0.4, -0.2) is 26.7 Å².